The van der Waals surface area contributed by atoms with Crippen LogP contribution in [0.25, 0.3) is 0 Å². The second-order valence-electron chi connectivity index (χ2n) is 2.48. The maximum Gasteiger partial charge on any atom is 0.221 e. The van der Waals surface area contributed by atoms with E-state index in [4.69, 9.17) is 5.73 Å². The fourth-order valence-corrected chi connectivity index (χ4v) is 0.610. The molecule has 1 aromatic rings. The lowest BCUT2D eigenvalue weighted by molar-refractivity contribution is 0.643. The van der Waals surface area contributed by atoms with Crippen LogP contribution in [0.1, 0.15) is 0 Å². The Morgan fingerprint density at radius 3 is 2.92 bits per heavy atom. The Morgan fingerprint density at radius 1 is 1.58 bits per heavy atom. The van der Waals surface area contributed by atoms with Crippen LogP contribution in [0.5, 0.6) is 0 Å². The molecular formula is C7H11N5. The Hall–Kier alpha value is -1.65. The van der Waals surface area contributed by atoms with E-state index < -0.39 is 0 Å². The molecule has 0 aliphatic carbocycles. The zero-order valence-electron chi connectivity index (χ0n) is 7.10. The summed E-state index contributed by atoms with van der Waals surface area (Å²) in [4.78, 5) is 13.5. The molecule has 12 heavy (non-hydrogen) atoms. The average molecular weight is 165 g/mol. The zero-order valence-corrected chi connectivity index (χ0v) is 7.10. The zero-order chi connectivity index (χ0) is 8.97. The number of anilines is 1. The van der Waals surface area contributed by atoms with Gasteiger partial charge in [0.25, 0.3) is 0 Å². The quantitative estimate of drug-likeness (QED) is 0.505. The molecule has 0 fully saturated rings. The van der Waals surface area contributed by atoms with Crippen LogP contribution in [0.3, 0.4) is 0 Å². The van der Waals surface area contributed by atoms with Gasteiger partial charge in [-0.2, -0.15) is 4.98 Å². The van der Waals surface area contributed by atoms with Gasteiger partial charge < -0.3 is 10.6 Å². The predicted octanol–water partition coefficient (Wildman–Crippen LogP) is 0.280. The van der Waals surface area contributed by atoms with E-state index in [0.29, 0.717) is 5.82 Å². The van der Waals surface area contributed by atoms with Crippen molar-refractivity contribution in [3.63, 3.8) is 0 Å². The van der Waals surface area contributed by atoms with E-state index in [1.165, 1.54) is 0 Å². The minimum Gasteiger partial charge on any atom is -0.369 e. The smallest absolute Gasteiger partial charge is 0.221 e. The average Bonchev–Trinajstić information content (AvgIpc) is 2.01. The molecule has 0 saturated carbocycles. The molecule has 0 bridgehead atoms. The molecule has 5 heteroatoms. The molecule has 0 spiro atoms. The van der Waals surface area contributed by atoms with Crippen molar-refractivity contribution in [3.8, 4) is 0 Å². The van der Waals surface area contributed by atoms with Gasteiger partial charge in [-0.15, -0.1) is 0 Å². The summed E-state index contributed by atoms with van der Waals surface area (Å²) in [7, 11) is 3.77. The fourth-order valence-electron chi connectivity index (χ4n) is 0.610. The predicted molar refractivity (Wildman–Crippen MR) is 48.3 cm³/mol. The highest BCUT2D eigenvalue weighted by Crippen LogP contribution is 2.05. The maximum absolute atomic E-state index is 5.36. The summed E-state index contributed by atoms with van der Waals surface area (Å²) in [5.41, 5.74) is 5.36. The molecule has 0 amide bonds. The van der Waals surface area contributed by atoms with E-state index >= 15 is 0 Å². The van der Waals surface area contributed by atoms with Crippen molar-refractivity contribution in [3.05, 3.63) is 12.3 Å². The lowest BCUT2D eigenvalue weighted by Gasteiger charge is -2.01. The third-order valence-electron chi connectivity index (χ3n) is 1.08. The Kier molecular flexibility index (Phi) is 2.57. The van der Waals surface area contributed by atoms with Gasteiger partial charge in [0.2, 0.25) is 5.95 Å². The topological polar surface area (TPSA) is 67.4 Å². The molecule has 0 unspecified atom stereocenters. The number of nitrogens with two attached hydrogens (primary N) is 1. The molecule has 0 saturated heterocycles. The third kappa shape index (κ3) is 2.53. The molecule has 1 rings (SSSR count). The summed E-state index contributed by atoms with van der Waals surface area (Å²) in [6.07, 6.45) is 3.23. The molecule has 0 aliphatic rings. The number of hydrogen-bond acceptors (Lipinski definition) is 4. The Labute approximate surface area is 71.0 Å². The molecule has 0 radical (unpaired) electrons. The Bertz CT molecular complexity index is 281. The molecule has 1 aromatic heterocycles. The number of aromatic nitrogens is 2. The lowest BCUT2D eigenvalue weighted by Crippen LogP contribution is -2.07. The lowest BCUT2D eigenvalue weighted by atomic mass is 10.6. The SMILES string of the molecule is CN(C)C=Nc1ccnc(N)n1. The van der Waals surface area contributed by atoms with Gasteiger partial charge in [0.1, 0.15) is 0 Å². The Balaban J connectivity index is 2.76. The van der Waals surface area contributed by atoms with E-state index in [9.17, 15) is 0 Å². The molecule has 0 aromatic carbocycles. The molecule has 0 atom stereocenters. The summed E-state index contributed by atoms with van der Waals surface area (Å²) in [5, 5.41) is 0. The van der Waals surface area contributed by atoms with Crippen molar-refractivity contribution in [2.75, 3.05) is 19.8 Å². The first-order valence-corrected chi connectivity index (χ1v) is 3.47. The number of hydrogen-bond donors (Lipinski definition) is 1. The van der Waals surface area contributed by atoms with Crippen LogP contribution in [0, 0.1) is 0 Å². The second-order valence-corrected chi connectivity index (χ2v) is 2.48. The van der Waals surface area contributed by atoms with E-state index in [1.54, 1.807) is 18.6 Å². The first kappa shape index (κ1) is 8.45. The molecule has 1 heterocycles. The van der Waals surface area contributed by atoms with E-state index in [0.717, 1.165) is 0 Å². The summed E-state index contributed by atoms with van der Waals surface area (Å²) in [6, 6.07) is 1.69. The van der Waals surface area contributed by atoms with Gasteiger partial charge >= 0.3 is 0 Å². The van der Waals surface area contributed by atoms with E-state index in [2.05, 4.69) is 15.0 Å². The number of nitrogens with zero attached hydrogens (tertiary/aromatic N) is 4. The van der Waals surface area contributed by atoms with Crippen LogP contribution in [-0.2, 0) is 0 Å². The monoisotopic (exact) mass is 165 g/mol. The van der Waals surface area contributed by atoms with Crippen molar-refractivity contribution in [2.45, 2.75) is 0 Å². The first-order chi connectivity index (χ1) is 5.68. The van der Waals surface area contributed by atoms with Gasteiger partial charge in [0, 0.05) is 26.4 Å². The van der Waals surface area contributed by atoms with Gasteiger partial charge in [-0.25, -0.2) is 9.98 Å². The van der Waals surface area contributed by atoms with Crippen LogP contribution < -0.4 is 5.73 Å². The molecule has 64 valence electrons. The third-order valence-corrected chi connectivity index (χ3v) is 1.08. The van der Waals surface area contributed by atoms with Crippen molar-refractivity contribution < 1.29 is 0 Å². The van der Waals surface area contributed by atoms with Crippen molar-refractivity contribution >= 4 is 18.1 Å². The highest BCUT2D eigenvalue weighted by Gasteiger charge is 1.90. The minimum absolute atomic E-state index is 0.239. The molecular weight excluding hydrogens is 154 g/mol. The highest BCUT2D eigenvalue weighted by atomic mass is 15.1. The summed E-state index contributed by atoms with van der Waals surface area (Å²) < 4.78 is 0. The standard InChI is InChI=1S/C7H11N5/c1-12(2)5-10-6-3-4-9-7(8)11-6/h3-5H,1-2H3,(H2,8,9,11). The van der Waals surface area contributed by atoms with Crippen LogP contribution in [0.2, 0.25) is 0 Å². The molecule has 5 nitrogen and oxygen atoms in total. The van der Waals surface area contributed by atoms with Gasteiger partial charge in [-0.05, 0) is 0 Å². The number of nitrogen functional groups attached to an aromatic ring is 1. The van der Waals surface area contributed by atoms with Gasteiger partial charge in [0.05, 0.1) is 6.34 Å². The highest BCUT2D eigenvalue weighted by molar-refractivity contribution is 5.59. The summed E-state index contributed by atoms with van der Waals surface area (Å²) in [6.45, 7) is 0. The second kappa shape index (κ2) is 3.66. The van der Waals surface area contributed by atoms with Crippen LogP contribution in [0.15, 0.2) is 17.3 Å². The van der Waals surface area contributed by atoms with Crippen molar-refractivity contribution in [1.29, 1.82) is 0 Å². The fraction of sp³-hybridized carbons (Fsp3) is 0.286. The van der Waals surface area contributed by atoms with Crippen LogP contribution in [0.4, 0.5) is 11.8 Å². The van der Waals surface area contributed by atoms with Gasteiger partial charge in [-0.3, -0.25) is 0 Å². The van der Waals surface area contributed by atoms with Gasteiger partial charge in [0.15, 0.2) is 5.82 Å². The van der Waals surface area contributed by atoms with Gasteiger partial charge in [-0.1, -0.05) is 0 Å². The molecule has 2 N–H and O–H groups in total. The Morgan fingerprint density at radius 2 is 2.33 bits per heavy atom. The first-order valence-electron chi connectivity index (χ1n) is 3.47. The van der Waals surface area contributed by atoms with Crippen molar-refractivity contribution in [1.82, 2.24) is 14.9 Å². The normalized spacial score (nSPS) is 10.5. The number of rotatable bonds is 2. The van der Waals surface area contributed by atoms with Crippen LogP contribution >= 0.6 is 0 Å². The van der Waals surface area contributed by atoms with Crippen LogP contribution in [-0.4, -0.2) is 35.3 Å². The minimum atomic E-state index is 0.239. The largest absolute Gasteiger partial charge is 0.369 e. The van der Waals surface area contributed by atoms with E-state index in [-0.39, 0.29) is 5.95 Å². The molecule has 0 aliphatic heterocycles. The summed E-state index contributed by atoms with van der Waals surface area (Å²) >= 11 is 0. The van der Waals surface area contributed by atoms with E-state index in [1.807, 2.05) is 19.0 Å². The number of aliphatic imine (C=N–C) groups is 1. The summed E-state index contributed by atoms with van der Waals surface area (Å²) in [5.74, 6) is 0.805. The van der Waals surface area contributed by atoms with Crippen molar-refractivity contribution in [2.24, 2.45) is 4.99 Å². The maximum atomic E-state index is 5.36.